The topological polar surface area (TPSA) is 106 Å². The summed E-state index contributed by atoms with van der Waals surface area (Å²) in [4.78, 5) is 34.0. The van der Waals surface area contributed by atoms with E-state index < -0.39 is 0 Å². The zero-order valence-corrected chi connectivity index (χ0v) is 22.8. The van der Waals surface area contributed by atoms with Gasteiger partial charge in [-0.3, -0.25) is 4.79 Å². The summed E-state index contributed by atoms with van der Waals surface area (Å²) < 4.78 is 7.64. The van der Waals surface area contributed by atoms with Crippen molar-refractivity contribution < 1.29 is 9.53 Å². The van der Waals surface area contributed by atoms with Crippen molar-refractivity contribution in [3.63, 3.8) is 0 Å². The Morgan fingerprint density at radius 2 is 1.90 bits per heavy atom. The lowest BCUT2D eigenvalue weighted by atomic mass is 9.62. The van der Waals surface area contributed by atoms with Gasteiger partial charge in [0.1, 0.15) is 11.6 Å². The molecule has 9 nitrogen and oxygen atoms in total. The summed E-state index contributed by atoms with van der Waals surface area (Å²) in [5.41, 5.74) is 7.54. The van der Waals surface area contributed by atoms with Crippen molar-refractivity contribution in [1.29, 1.82) is 0 Å². The molecule has 4 aromatic rings. The number of ether oxygens (including phenoxy) is 1. The van der Waals surface area contributed by atoms with Crippen LogP contribution in [0.4, 0.5) is 16.3 Å². The van der Waals surface area contributed by atoms with Crippen LogP contribution in [-0.2, 0) is 13.6 Å². The van der Waals surface area contributed by atoms with Crippen molar-refractivity contribution in [2.45, 2.75) is 24.9 Å². The summed E-state index contributed by atoms with van der Waals surface area (Å²) in [6, 6.07) is 21.3. The molecule has 0 atom stereocenters. The number of benzene rings is 2. The molecule has 2 aromatic carbocycles. The zero-order valence-electron chi connectivity index (χ0n) is 22.8. The Bertz CT molecular complexity index is 1610. The molecule has 2 amide bonds. The molecule has 2 bridgehead atoms. The third-order valence-electron chi connectivity index (χ3n) is 8.36. The van der Waals surface area contributed by atoms with Crippen molar-refractivity contribution in [3.8, 4) is 5.75 Å². The highest BCUT2D eigenvalue weighted by Crippen LogP contribution is 2.59. The van der Waals surface area contributed by atoms with Gasteiger partial charge in [0.2, 0.25) is 0 Å². The number of carbonyl (C=O) groups is 1. The molecule has 2 aromatic heterocycles. The number of nitrogens with one attached hydrogen (secondary N) is 1. The monoisotopic (exact) mass is 538 g/mol. The average Bonchev–Trinajstić information content (AvgIpc) is 3.44. The second kappa shape index (κ2) is 9.89. The Morgan fingerprint density at radius 1 is 1.10 bits per heavy atom. The number of nitrogens with two attached hydrogens (primary N) is 1. The number of nitrogen functional groups attached to an aromatic ring is 1. The number of aryl methyl sites for hydroxylation is 1. The molecule has 3 aliphatic rings. The van der Waals surface area contributed by atoms with Gasteiger partial charge < -0.3 is 30.2 Å². The number of anilines is 2. The first-order chi connectivity index (χ1) is 19.3. The molecular weight excluding hydrogens is 504 g/mol. The fraction of sp³-hybridized carbons (Fsp3) is 0.323. The standard InChI is InChI=1S/C31H34N6O3/c1-35-14-12-23(15-27(35)38)40-21-30-17-31(18-30,19-34-26-10-6-9-25-24(26)11-13-33-28(25)32)37(20-30)29(39)36(2)16-22-7-4-3-5-8-22/h3-15,34H,16-21H2,1-2H3,(H2,32,33). The molecule has 40 heavy (non-hydrogen) atoms. The van der Waals surface area contributed by atoms with Gasteiger partial charge in [0.25, 0.3) is 5.56 Å². The second-order valence-electron chi connectivity index (χ2n) is 11.3. The Kier molecular flexibility index (Phi) is 6.37. The lowest BCUT2D eigenvalue weighted by Crippen LogP contribution is -2.58. The van der Waals surface area contributed by atoms with Gasteiger partial charge in [0.05, 0.1) is 12.1 Å². The van der Waals surface area contributed by atoms with Crippen LogP contribution in [0, 0.1) is 5.41 Å². The van der Waals surface area contributed by atoms with Gasteiger partial charge >= 0.3 is 6.03 Å². The van der Waals surface area contributed by atoms with Crippen LogP contribution in [0.2, 0.25) is 0 Å². The maximum Gasteiger partial charge on any atom is 0.320 e. The highest BCUT2D eigenvalue weighted by atomic mass is 16.5. The maximum absolute atomic E-state index is 13.9. The zero-order chi connectivity index (χ0) is 27.9. The highest BCUT2D eigenvalue weighted by molar-refractivity contribution is 5.99. The molecule has 206 valence electrons. The van der Waals surface area contributed by atoms with Crippen molar-refractivity contribution in [2.75, 3.05) is 37.8 Å². The Balaban J connectivity index is 1.23. The number of amides is 2. The van der Waals surface area contributed by atoms with Gasteiger partial charge in [-0.2, -0.15) is 0 Å². The SMILES string of the molecule is CN(Cc1ccccc1)C(=O)N1CC2(COc3ccn(C)c(=O)c3)CC1(CNc1cccc3c(N)nccc13)C2. The number of carbonyl (C=O) groups excluding carboxylic acids is 1. The number of hydrogen-bond acceptors (Lipinski definition) is 6. The number of urea groups is 1. The first kappa shape index (κ1) is 25.7. The average molecular weight is 539 g/mol. The number of aromatic nitrogens is 2. The molecule has 7 rings (SSSR count). The lowest BCUT2D eigenvalue weighted by molar-refractivity contribution is 0.0410. The van der Waals surface area contributed by atoms with Crippen molar-refractivity contribution in [1.82, 2.24) is 19.4 Å². The molecular formula is C31H34N6O3. The molecule has 3 fully saturated rings. The summed E-state index contributed by atoms with van der Waals surface area (Å²) in [7, 11) is 3.57. The van der Waals surface area contributed by atoms with Crippen LogP contribution in [0.3, 0.4) is 0 Å². The largest absolute Gasteiger partial charge is 0.493 e. The number of nitrogens with zero attached hydrogens (tertiary/aromatic N) is 4. The van der Waals surface area contributed by atoms with E-state index in [4.69, 9.17) is 10.5 Å². The van der Waals surface area contributed by atoms with Crippen molar-refractivity contribution in [2.24, 2.45) is 12.5 Å². The predicted molar refractivity (Wildman–Crippen MR) is 156 cm³/mol. The van der Waals surface area contributed by atoms with E-state index in [0.29, 0.717) is 37.8 Å². The molecule has 0 radical (unpaired) electrons. The minimum atomic E-state index is -0.348. The van der Waals surface area contributed by atoms with Crippen LogP contribution < -0.4 is 21.3 Å². The molecule has 4 heterocycles. The van der Waals surface area contributed by atoms with E-state index in [9.17, 15) is 9.59 Å². The maximum atomic E-state index is 13.9. The van der Waals surface area contributed by atoms with Gasteiger partial charge in [-0.25, -0.2) is 9.78 Å². The van der Waals surface area contributed by atoms with E-state index in [1.807, 2.05) is 66.5 Å². The number of rotatable bonds is 8. The van der Waals surface area contributed by atoms with Gasteiger partial charge in [-0.1, -0.05) is 42.5 Å². The summed E-state index contributed by atoms with van der Waals surface area (Å²) in [5, 5.41) is 5.54. The van der Waals surface area contributed by atoms with Crippen LogP contribution >= 0.6 is 0 Å². The Hall–Kier alpha value is -4.53. The van der Waals surface area contributed by atoms with E-state index in [-0.39, 0.29) is 22.5 Å². The summed E-state index contributed by atoms with van der Waals surface area (Å²) in [6.45, 7) is 2.19. The van der Waals surface area contributed by atoms with Crippen molar-refractivity contribution in [3.05, 3.63) is 95.0 Å². The minimum Gasteiger partial charge on any atom is -0.493 e. The van der Waals surface area contributed by atoms with Crippen LogP contribution in [0.15, 0.2) is 83.9 Å². The van der Waals surface area contributed by atoms with Crippen molar-refractivity contribution >= 4 is 28.3 Å². The second-order valence-corrected chi connectivity index (χ2v) is 11.3. The number of hydrogen-bond donors (Lipinski definition) is 2. The fourth-order valence-electron chi connectivity index (χ4n) is 6.42. The van der Waals surface area contributed by atoms with Crippen LogP contribution in [0.1, 0.15) is 18.4 Å². The molecule has 0 spiro atoms. The molecule has 9 heteroatoms. The minimum absolute atomic E-state index is 0.00460. The third kappa shape index (κ3) is 4.61. The predicted octanol–water partition coefficient (Wildman–Crippen LogP) is 4.09. The summed E-state index contributed by atoms with van der Waals surface area (Å²) in [6.07, 6.45) is 5.06. The summed E-state index contributed by atoms with van der Waals surface area (Å²) in [5.74, 6) is 1.05. The fourth-order valence-corrected chi connectivity index (χ4v) is 6.42. The Morgan fingerprint density at radius 3 is 2.67 bits per heavy atom. The normalized spacial score (nSPS) is 21.2. The molecule has 1 saturated carbocycles. The van der Waals surface area contributed by atoms with E-state index in [0.717, 1.165) is 34.9 Å². The van der Waals surface area contributed by atoms with E-state index >= 15 is 0 Å². The van der Waals surface area contributed by atoms with Gasteiger partial charge in [0.15, 0.2) is 0 Å². The van der Waals surface area contributed by atoms with Crippen LogP contribution in [-0.4, -0.2) is 57.7 Å². The Labute approximate surface area is 233 Å². The lowest BCUT2D eigenvalue weighted by Gasteiger charge is -2.48. The molecule has 3 N–H and O–H groups in total. The molecule has 2 saturated heterocycles. The first-order valence-corrected chi connectivity index (χ1v) is 13.5. The van der Waals surface area contributed by atoms with Gasteiger partial charge in [0, 0.05) is 74.1 Å². The molecule has 2 aliphatic heterocycles. The van der Waals surface area contributed by atoms with Gasteiger partial charge in [-0.05, 0) is 36.6 Å². The molecule has 0 unspecified atom stereocenters. The molecule has 1 aliphatic carbocycles. The van der Waals surface area contributed by atoms with E-state index in [1.165, 1.54) is 10.6 Å². The number of fused-ring (bicyclic) bond motifs is 2. The first-order valence-electron chi connectivity index (χ1n) is 13.5. The number of pyridine rings is 2. The third-order valence-corrected chi connectivity index (χ3v) is 8.36. The van der Waals surface area contributed by atoms with E-state index in [2.05, 4.69) is 10.3 Å². The summed E-state index contributed by atoms with van der Waals surface area (Å²) >= 11 is 0. The highest BCUT2D eigenvalue weighted by Gasteiger charge is 2.67. The smallest absolute Gasteiger partial charge is 0.320 e. The van der Waals surface area contributed by atoms with E-state index in [1.54, 1.807) is 30.4 Å². The van der Waals surface area contributed by atoms with Gasteiger partial charge in [-0.15, -0.1) is 0 Å². The van der Waals surface area contributed by atoms with Crippen LogP contribution in [0.25, 0.3) is 10.8 Å². The quantitative estimate of drug-likeness (QED) is 0.350. The van der Waals surface area contributed by atoms with Crippen LogP contribution in [0.5, 0.6) is 5.75 Å².